The van der Waals surface area contributed by atoms with E-state index in [-0.39, 0.29) is 11.4 Å². The van der Waals surface area contributed by atoms with Crippen molar-refractivity contribution in [2.45, 2.75) is 38.5 Å². The number of pyridine rings is 1. The summed E-state index contributed by atoms with van der Waals surface area (Å²) in [4.78, 5) is 6.43. The molecule has 0 aliphatic carbocycles. The molecule has 1 aromatic heterocycles. The zero-order chi connectivity index (χ0) is 20.1. The van der Waals surface area contributed by atoms with Gasteiger partial charge in [0.05, 0.1) is 12.0 Å². The lowest BCUT2D eigenvalue weighted by molar-refractivity contribution is 0.573. The van der Waals surface area contributed by atoms with Crippen LogP contribution in [0.3, 0.4) is 0 Å². The van der Waals surface area contributed by atoms with Crippen molar-refractivity contribution in [1.29, 1.82) is 15.8 Å². The molecule has 0 saturated carbocycles. The average molecular weight is 370 g/mol. The molecule has 2 aromatic rings. The summed E-state index contributed by atoms with van der Waals surface area (Å²) in [6, 6.07) is 14.5. The fourth-order valence-electron chi connectivity index (χ4n) is 3.69. The van der Waals surface area contributed by atoms with Crippen LogP contribution < -0.4 is 10.6 Å². The minimum Gasteiger partial charge on any atom is -0.383 e. The summed E-state index contributed by atoms with van der Waals surface area (Å²) in [6.45, 7) is 3.59. The van der Waals surface area contributed by atoms with Crippen LogP contribution in [0, 0.1) is 40.9 Å². The molecule has 2 N–H and O–H groups in total. The van der Waals surface area contributed by atoms with Crippen molar-refractivity contribution in [2.24, 2.45) is 0 Å². The SMILES string of the molecule is Cc1ccc(C[C@H](C#N)c2c(C#N)c(N)nc(N3CCCCC3)c2C#N)cc1. The predicted molar refractivity (Wildman–Crippen MR) is 107 cm³/mol. The van der Waals surface area contributed by atoms with Crippen molar-refractivity contribution in [1.82, 2.24) is 4.98 Å². The van der Waals surface area contributed by atoms with E-state index in [1.54, 1.807) is 0 Å². The Hall–Kier alpha value is -3.56. The van der Waals surface area contributed by atoms with Gasteiger partial charge in [0.2, 0.25) is 0 Å². The topological polar surface area (TPSA) is 114 Å². The monoisotopic (exact) mass is 370 g/mol. The van der Waals surface area contributed by atoms with Crippen molar-refractivity contribution in [3.8, 4) is 18.2 Å². The summed E-state index contributed by atoms with van der Waals surface area (Å²) >= 11 is 0. The highest BCUT2D eigenvalue weighted by atomic mass is 15.2. The zero-order valence-corrected chi connectivity index (χ0v) is 15.9. The molecule has 0 amide bonds. The molecule has 1 saturated heterocycles. The van der Waals surface area contributed by atoms with Gasteiger partial charge in [-0.2, -0.15) is 15.8 Å². The summed E-state index contributed by atoms with van der Waals surface area (Å²) < 4.78 is 0. The predicted octanol–water partition coefficient (Wildman–Crippen LogP) is 3.56. The van der Waals surface area contributed by atoms with Gasteiger partial charge in [-0.15, -0.1) is 0 Å². The Balaban J connectivity index is 2.12. The third-order valence-electron chi connectivity index (χ3n) is 5.19. The highest BCUT2D eigenvalue weighted by Gasteiger charge is 2.28. The van der Waals surface area contributed by atoms with E-state index in [2.05, 4.69) is 23.2 Å². The fourth-order valence-corrected chi connectivity index (χ4v) is 3.69. The number of anilines is 2. The van der Waals surface area contributed by atoms with E-state index in [1.807, 2.05) is 36.1 Å². The molecule has 0 radical (unpaired) electrons. The molecular weight excluding hydrogens is 348 g/mol. The minimum atomic E-state index is -0.652. The lowest BCUT2D eigenvalue weighted by Crippen LogP contribution is -2.31. The number of benzene rings is 1. The molecule has 1 atom stereocenters. The largest absolute Gasteiger partial charge is 0.383 e. The van der Waals surface area contributed by atoms with E-state index in [0.717, 1.165) is 43.5 Å². The molecule has 1 aromatic carbocycles. The second kappa shape index (κ2) is 8.42. The van der Waals surface area contributed by atoms with Crippen LogP contribution in [0.5, 0.6) is 0 Å². The summed E-state index contributed by atoms with van der Waals surface area (Å²) in [5, 5.41) is 29.5. The summed E-state index contributed by atoms with van der Waals surface area (Å²) in [6.07, 6.45) is 3.59. The number of piperidine rings is 1. The van der Waals surface area contributed by atoms with E-state index < -0.39 is 5.92 Å². The smallest absolute Gasteiger partial charge is 0.149 e. The third-order valence-corrected chi connectivity index (χ3v) is 5.19. The van der Waals surface area contributed by atoms with E-state index in [9.17, 15) is 15.8 Å². The first-order valence-corrected chi connectivity index (χ1v) is 9.42. The molecule has 6 heteroatoms. The molecule has 6 nitrogen and oxygen atoms in total. The number of aromatic nitrogens is 1. The molecule has 1 aliphatic heterocycles. The van der Waals surface area contributed by atoms with Gasteiger partial charge in [0, 0.05) is 18.7 Å². The molecule has 0 spiro atoms. The van der Waals surface area contributed by atoms with Gasteiger partial charge < -0.3 is 10.6 Å². The Bertz CT molecular complexity index is 982. The van der Waals surface area contributed by atoms with Gasteiger partial charge in [0.25, 0.3) is 0 Å². The number of nitrogen functional groups attached to an aromatic ring is 1. The molecular formula is C22H22N6. The number of nitrogens with zero attached hydrogens (tertiary/aromatic N) is 5. The lowest BCUT2D eigenvalue weighted by atomic mass is 9.87. The molecule has 140 valence electrons. The van der Waals surface area contributed by atoms with Crippen molar-refractivity contribution < 1.29 is 0 Å². The van der Waals surface area contributed by atoms with Crippen LogP contribution in [0.2, 0.25) is 0 Å². The van der Waals surface area contributed by atoms with Crippen LogP contribution in [0.15, 0.2) is 24.3 Å². The maximum atomic E-state index is 9.91. The fraction of sp³-hybridized carbons (Fsp3) is 0.364. The van der Waals surface area contributed by atoms with E-state index in [4.69, 9.17) is 5.73 Å². The molecule has 2 heterocycles. The minimum absolute atomic E-state index is 0.0845. The van der Waals surface area contributed by atoms with Gasteiger partial charge in [-0.25, -0.2) is 4.98 Å². The molecule has 1 fully saturated rings. The number of aryl methyl sites for hydroxylation is 1. The molecule has 0 unspecified atom stereocenters. The molecule has 1 aliphatic rings. The first-order chi connectivity index (χ1) is 13.6. The average Bonchev–Trinajstić information content (AvgIpc) is 2.73. The number of nitrogens with two attached hydrogens (primary N) is 1. The molecule has 3 rings (SSSR count). The Morgan fingerprint density at radius 1 is 1.04 bits per heavy atom. The van der Waals surface area contributed by atoms with Gasteiger partial charge in [-0.1, -0.05) is 29.8 Å². The van der Waals surface area contributed by atoms with Crippen LogP contribution in [-0.2, 0) is 6.42 Å². The van der Waals surface area contributed by atoms with Crippen LogP contribution >= 0.6 is 0 Å². The standard InChI is InChI=1S/C22H22N6/c1-15-5-7-16(8-6-15)11-17(12-23)20-18(13-24)21(26)27-22(19(20)14-25)28-9-3-2-4-10-28/h5-8,17H,2-4,9-11H2,1H3,(H2,26,27)/t17-/m1/s1. The van der Waals surface area contributed by atoms with Crippen LogP contribution in [0.1, 0.15) is 53.0 Å². The van der Waals surface area contributed by atoms with E-state index >= 15 is 0 Å². The maximum absolute atomic E-state index is 9.91. The quantitative estimate of drug-likeness (QED) is 0.880. The molecule has 28 heavy (non-hydrogen) atoms. The summed E-state index contributed by atoms with van der Waals surface area (Å²) in [5.74, 6) is -0.0695. The molecule has 0 bridgehead atoms. The van der Waals surface area contributed by atoms with Gasteiger partial charge in [-0.05, 0) is 38.2 Å². The normalized spacial score (nSPS) is 14.6. The van der Waals surface area contributed by atoms with Crippen LogP contribution in [0.25, 0.3) is 0 Å². The van der Waals surface area contributed by atoms with Crippen molar-refractivity contribution >= 4 is 11.6 Å². The Labute approximate surface area is 165 Å². The Kier molecular flexibility index (Phi) is 5.78. The zero-order valence-electron chi connectivity index (χ0n) is 15.9. The second-order valence-corrected chi connectivity index (χ2v) is 7.13. The van der Waals surface area contributed by atoms with Gasteiger partial charge in [0.1, 0.15) is 34.9 Å². The van der Waals surface area contributed by atoms with Gasteiger partial charge in [-0.3, -0.25) is 0 Å². The van der Waals surface area contributed by atoms with Crippen LogP contribution in [-0.4, -0.2) is 18.1 Å². The number of rotatable bonds is 4. The van der Waals surface area contributed by atoms with Crippen molar-refractivity contribution in [2.75, 3.05) is 23.7 Å². The summed E-state index contributed by atoms with van der Waals surface area (Å²) in [7, 11) is 0. The second-order valence-electron chi connectivity index (χ2n) is 7.13. The highest BCUT2D eigenvalue weighted by Crippen LogP contribution is 2.35. The van der Waals surface area contributed by atoms with Gasteiger partial charge in [0.15, 0.2) is 0 Å². The summed E-state index contributed by atoms with van der Waals surface area (Å²) in [5.41, 5.74) is 9.03. The van der Waals surface area contributed by atoms with Gasteiger partial charge >= 0.3 is 0 Å². The first kappa shape index (κ1) is 19.2. The number of nitriles is 3. The first-order valence-electron chi connectivity index (χ1n) is 9.42. The Morgan fingerprint density at radius 2 is 1.68 bits per heavy atom. The third kappa shape index (κ3) is 3.75. The number of hydrogen-bond donors (Lipinski definition) is 1. The Morgan fingerprint density at radius 3 is 2.25 bits per heavy atom. The highest BCUT2D eigenvalue weighted by molar-refractivity contribution is 5.70. The number of hydrogen-bond acceptors (Lipinski definition) is 6. The maximum Gasteiger partial charge on any atom is 0.149 e. The van der Waals surface area contributed by atoms with Crippen LogP contribution in [0.4, 0.5) is 11.6 Å². The van der Waals surface area contributed by atoms with Crippen molar-refractivity contribution in [3.63, 3.8) is 0 Å². The van der Waals surface area contributed by atoms with E-state index in [0.29, 0.717) is 23.4 Å². The lowest BCUT2D eigenvalue weighted by Gasteiger charge is -2.30. The van der Waals surface area contributed by atoms with Crippen molar-refractivity contribution in [3.05, 3.63) is 52.1 Å². The van der Waals surface area contributed by atoms with E-state index in [1.165, 1.54) is 0 Å².